The molecule has 1 amide bonds. The van der Waals surface area contributed by atoms with Gasteiger partial charge >= 0.3 is 0 Å². The number of furan rings is 2. The van der Waals surface area contributed by atoms with Gasteiger partial charge in [0.2, 0.25) is 0 Å². The highest BCUT2D eigenvalue weighted by atomic mass is 32.2. The fraction of sp³-hybridized carbons (Fsp3) is 0.182. The summed E-state index contributed by atoms with van der Waals surface area (Å²) in [5, 5.41) is 7.52. The van der Waals surface area contributed by atoms with Crippen molar-refractivity contribution in [2.75, 3.05) is 11.5 Å². The first-order chi connectivity index (χ1) is 15.1. The molecular formula is C22H19N5O3S. The zero-order valence-corrected chi connectivity index (χ0v) is 17.5. The number of nitrogens with two attached hydrogens (primary N) is 1. The summed E-state index contributed by atoms with van der Waals surface area (Å²) in [5.41, 5.74) is 8.02. The van der Waals surface area contributed by atoms with Gasteiger partial charge in [-0.25, -0.2) is 15.0 Å². The standard InChI is InChI=1S/C22H19N5O3S/c1-13-9-20(23)25-22(24-13)31-12-21(28)27-16(18-7-4-8-29-18)11-15(26-27)19-10-14-5-2-3-6-17(14)30-19/h2-10,16H,11-12H2,1H3,(H2,23,24,25). The van der Waals surface area contributed by atoms with E-state index in [1.165, 1.54) is 16.8 Å². The second-order valence-corrected chi connectivity index (χ2v) is 8.12. The molecule has 31 heavy (non-hydrogen) atoms. The van der Waals surface area contributed by atoms with Crippen LogP contribution in [0, 0.1) is 6.92 Å². The quantitative estimate of drug-likeness (QED) is 0.371. The Bertz CT molecular complexity index is 1230. The smallest absolute Gasteiger partial charge is 0.253 e. The van der Waals surface area contributed by atoms with E-state index in [0.29, 0.717) is 34.6 Å². The number of thioether (sulfide) groups is 1. The van der Waals surface area contributed by atoms with E-state index in [-0.39, 0.29) is 17.7 Å². The number of anilines is 1. The Balaban J connectivity index is 1.41. The normalized spacial score (nSPS) is 16.1. The zero-order chi connectivity index (χ0) is 21.4. The van der Waals surface area contributed by atoms with Crippen LogP contribution in [0.3, 0.4) is 0 Å². The molecule has 0 radical (unpaired) electrons. The Morgan fingerprint density at radius 1 is 1.23 bits per heavy atom. The highest BCUT2D eigenvalue weighted by molar-refractivity contribution is 7.99. The topological polar surface area (TPSA) is 111 Å². The number of nitrogens with zero attached hydrogens (tertiary/aromatic N) is 4. The van der Waals surface area contributed by atoms with Gasteiger partial charge in [-0.1, -0.05) is 30.0 Å². The van der Waals surface area contributed by atoms with E-state index in [4.69, 9.17) is 14.6 Å². The molecule has 3 aromatic heterocycles. The van der Waals surface area contributed by atoms with Crippen molar-refractivity contribution in [3.05, 3.63) is 72.0 Å². The fourth-order valence-electron chi connectivity index (χ4n) is 3.54. The highest BCUT2D eigenvalue weighted by Gasteiger charge is 2.36. The summed E-state index contributed by atoms with van der Waals surface area (Å²) >= 11 is 1.23. The number of carbonyl (C=O) groups excluding carboxylic acids is 1. The number of carbonyl (C=O) groups is 1. The summed E-state index contributed by atoms with van der Waals surface area (Å²) in [5.74, 6) is 1.64. The molecule has 0 fully saturated rings. The van der Waals surface area contributed by atoms with E-state index in [0.717, 1.165) is 16.7 Å². The van der Waals surface area contributed by atoms with Crippen LogP contribution in [-0.2, 0) is 4.79 Å². The van der Waals surface area contributed by atoms with Gasteiger partial charge in [0, 0.05) is 23.6 Å². The number of aryl methyl sites for hydroxylation is 1. The molecule has 4 heterocycles. The number of hydrogen-bond acceptors (Lipinski definition) is 8. The maximum absolute atomic E-state index is 13.1. The van der Waals surface area contributed by atoms with Gasteiger partial charge in [-0.05, 0) is 31.2 Å². The van der Waals surface area contributed by atoms with Gasteiger partial charge < -0.3 is 14.6 Å². The van der Waals surface area contributed by atoms with E-state index in [1.807, 2.05) is 43.3 Å². The Morgan fingerprint density at radius 2 is 2.10 bits per heavy atom. The minimum Gasteiger partial charge on any atom is -0.467 e. The van der Waals surface area contributed by atoms with E-state index >= 15 is 0 Å². The highest BCUT2D eigenvalue weighted by Crippen LogP contribution is 2.35. The van der Waals surface area contributed by atoms with E-state index in [9.17, 15) is 4.79 Å². The summed E-state index contributed by atoms with van der Waals surface area (Å²) < 4.78 is 11.6. The predicted molar refractivity (Wildman–Crippen MR) is 118 cm³/mol. The molecule has 0 saturated heterocycles. The van der Waals surface area contributed by atoms with Gasteiger partial charge in [0.1, 0.15) is 28.9 Å². The molecule has 0 spiro atoms. The molecule has 8 nitrogen and oxygen atoms in total. The van der Waals surface area contributed by atoms with Gasteiger partial charge in [0.25, 0.3) is 5.91 Å². The van der Waals surface area contributed by atoms with Crippen molar-refractivity contribution >= 4 is 40.2 Å². The molecular weight excluding hydrogens is 414 g/mol. The lowest BCUT2D eigenvalue weighted by Gasteiger charge is -2.19. The van der Waals surface area contributed by atoms with Crippen molar-refractivity contribution < 1.29 is 13.6 Å². The van der Waals surface area contributed by atoms with Gasteiger partial charge in [-0.2, -0.15) is 5.10 Å². The number of hydrazone groups is 1. The van der Waals surface area contributed by atoms with Gasteiger partial charge in [0.15, 0.2) is 10.9 Å². The largest absolute Gasteiger partial charge is 0.467 e. The van der Waals surface area contributed by atoms with Gasteiger partial charge in [-0.15, -0.1) is 0 Å². The molecule has 4 aromatic rings. The van der Waals surface area contributed by atoms with Gasteiger partial charge in [-0.3, -0.25) is 4.79 Å². The number of nitrogen functional groups attached to an aromatic ring is 1. The lowest BCUT2D eigenvalue weighted by atomic mass is 10.1. The lowest BCUT2D eigenvalue weighted by molar-refractivity contribution is -0.130. The number of amides is 1. The maximum Gasteiger partial charge on any atom is 0.253 e. The molecule has 1 aromatic carbocycles. The first kappa shape index (κ1) is 19.4. The zero-order valence-electron chi connectivity index (χ0n) is 16.7. The number of aromatic nitrogens is 2. The van der Waals surface area contributed by atoms with Gasteiger partial charge in [0.05, 0.1) is 12.0 Å². The average Bonchev–Trinajstić information content (AvgIpc) is 3.49. The number of rotatable bonds is 5. The van der Waals surface area contributed by atoms with Crippen LogP contribution in [0.4, 0.5) is 5.82 Å². The average molecular weight is 433 g/mol. The predicted octanol–water partition coefficient (Wildman–Crippen LogP) is 4.18. The monoisotopic (exact) mass is 433 g/mol. The number of hydrogen-bond donors (Lipinski definition) is 1. The maximum atomic E-state index is 13.1. The van der Waals surface area contributed by atoms with Crippen LogP contribution in [0.1, 0.15) is 29.7 Å². The van der Waals surface area contributed by atoms with Crippen molar-refractivity contribution in [2.24, 2.45) is 5.10 Å². The van der Waals surface area contributed by atoms with Crippen LogP contribution in [0.25, 0.3) is 11.0 Å². The third kappa shape index (κ3) is 3.91. The Hall–Kier alpha value is -3.59. The van der Waals surface area contributed by atoms with Crippen LogP contribution >= 0.6 is 11.8 Å². The summed E-state index contributed by atoms with van der Waals surface area (Å²) in [6.07, 6.45) is 2.09. The summed E-state index contributed by atoms with van der Waals surface area (Å²) in [7, 11) is 0. The molecule has 1 unspecified atom stereocenters. The molecule has 2 N–H and O–H groups in total. The molecule has 1 aliphatic heterocycles. The molecule has 156 valence electrons. The molecule has 5 rings (SSSR count). The minimum absolute atomic E-state index is 0.122. The second kappa shape index (κ2) is 7.92. The fourth-order valence-corrected chi connectivity index (χ4v) is 4.30. The van der Waals surface area contributed by atoms with Crippen molar-refractivity contribution in [1.29, 1.82) is 0 Å². The number of benzene rings is 1. The lowest BCUT2D eigenvalue weighted by Crippen LogP contribution is -2.28. The van der Waals surface area contributed by atoms with Crippen LogP contribution in [-0.4, -0.2) is 32.3 Å². The van der Waals surface area contributed by atoms with E-state index in [2.05, 4.69) is 15.1 Å². The third-order valence-electron chi connectivity index (χ3n) is 4.93. The molecule has 1 aliphatic rings. The van der Waals surface area contributed by atoms with E-state index < -0.39 is 0 Å². The Kier molecular flexibility index (Phi) is 4.95. The summed E-state index contributed by atoms with van der Waals surface area (Å²) in [6.45, 7) is 1.83. The number of fused-ring (bicyclic) bond motifs is 1. The molecule has 1 atom stereocenters. The third-order valence-corrected chi connectivity index (χ3v) is 5.76. The van der Waals surface area contributed by atoms with Crippen LogP contribution in [0.15, 0.2) is 73.9 Å². The van der Waals surface area contributed by atoms with E-state index in [1.54, 1.807) is 18.4 Å². The molecule has 9 heteroatoms. The SMILES string of the molecule is Cc1cc(N)nc(SCC(=O)N2N=C(c3cc4ccccc4o3)CC2c2ccco2)n1. The molecule has 0 bridgehead atoms. The second-order valence-electron chi connectivity index (χ2n) is 7.17. The van der Waals surface area contributed by atoms with Crippen molar-refractivity contribution in [3.8, 4) is 0 Å². The van der Waals surface area contributed by atoms with Crippen LogP contribution in [0.5, 0.6) is 0 Å². The Morgan fingerprint density at radius 3 is 2.87 bits per heavy atom. The Labute approximate surface area is 182 Å². The van der Waals surface area contributed by atoms with Crippen LogP contribution < -0.4 is 5.73 Å². The van der Waals surface area contributed by atoms with Crippen LogP contribution in [0.2, 0.25) is 0 Å². The molecule has 0 aliphatic carbocycles. The van der Waals surface area contributed by atoms with Crippen molar-refractivity contribution in [1.82, 2.24) is 15.0 Å². The minimum atomic E-state index is -0.338. The summed E-state index contributed by atoms with van der Waals surface area (Å²) in [6, 6.07) is 14.7. The van der Waals surface area contributed by atoms with Crippen molar-refractivity contribution in [3.63, 3.8) is 0 Å². The number of para-hydroxylation sites is 1. The first-order valence-corrected chi connectivity index (χ1v) is 10.7. The summed E-state index contributed by atoms with van der Waals surface area (Å²) in [4.78, 5) is 21.6. The first-order valence-electron chi connectivity index (χ1n) is 9.72. The van der Waals surface area contributed by atoms with Crippen molar-refractivity contribution in [2.45, 2.75) is 24.5 Å². The molecule has 0 saturated carbocycles.